The fraction of sp³-hybridized carbons (Fsp3) is 0.257. The number of alkyl halides is 1. The summed E-state index contributed by atoms with van der Waals surface area (Å²) < 4.78 is 79.0. The van der Waals surface area contributed by atoms with E-state index >= 15 is 0 Å². The zero-order valence-electron chi connectivity index (χ0n) is 29.0. The molecule has 290 valence electrons. The SMILES string of the molecule is C=Cc1c(F)cccc1F.CN(C)C(=O)/C(Cl)=N/O.CN(C)C(=O)C1=NOC(c2c(F)cccc2F)C1.O=C(CBr)C1=NOC(c2c(F)cccc2F)C1. The molecule has 2 aliphatic heterocycles. The van der Waals surface area contributed by atoms with Gasteiger partial charge in [0, 0.05) is 46.6 Å². The summed E-state index contributed by atoms with van der Waals surface area (Å²) in [5.41, 5.74) is -0.0962. The van der Waals surface area contributed by atoms with Crippen molar-refractivity contribution in [1.82, 2.24) is 9.80 Å². The van der Waals surface area contributed by atoms with E-state index in [0.29, 0.717) is 0 Å². The molecule has 0 spiro atoms. The third kappa shape index (κ3) is 12.4. The average molecular weight is 849 g/mol. The van der Waals surface area contributed by atoms with Crippen molar-refractivity contribution in [2.24, 2.45) is 15.5 Å². The van der Waals surface area contributed by atoms with Crippen molar-refractivity contribution < 1.29 is 55.6 Å². The summed E-state index contributed by atoms with van der Waals surface area (Å²) in [5.74, 6) is -5.03. The Bertz CT molecular complexity index is 1870. The minimum Gasteiger partial charge on any atom is -0.409 e. The second-order valence-corrected chi connectivity index (χ2v) is 12.0. The van der Waals surface area contributed by atoms with Gasteiger partial charge >= 0.3 is 0 Å². The molecule has 5 rings (SSSR count). The largest absolute Gasteiger partial charge is 0.409 e. The molecular formula is C35H33BrClF6N5O6. The Morgan fingerprint density at radius 2 is 1.19 bits per heavy atom. The molecule has 11 nitrogen and oxygen atoms in total. The van der Waals surface area contributed by atoms with Crippen LogP contribution >= 0.6 is 27.5 Å². The van der Waals surface area contributed by atoms with E-state index in [0.717, 1.165) is 30.3 Å². The number of carbonyl (C=O) groups is 3. The third-order valence-corrected chi connectivity index (χ3v) is 7.70. The number of hydrogen-bond acceptors (Lipinski definition) is 9. The van der Waals surface area contributed by atoms with E-state index in [9.17, 15) is 40.7 Å². The maximum Gasteiger partial charge on any atom is 0.287 e. The van der Waals surface area contributed by atoms with E-state index in [4.69, 9.17) is 26.5 Å². The van der Waals surface area contributed by atoms with E-state index in [1.54, 1.807) is 14.1 Å². The summed E-state index contributed by atoms with van der Waals surface area (Å²) in [6, 6.07) is 10.8. The quantitative estimate of drug-likeness (QED) is 0.0871. The van der Waals surface area contributed by atoms with Gasteiger partial charge in [0.05, 0.1) is 16.5 Å². The molecule has 0 aromatic heterocycles. The molecule has 2 heterocycles. The number of amides is 2. The molecule has 0 fully saturated rings. The van der Waals surface area contributed by atoms with Crippen LogP contribution in [0.4, 0.5) is 26.3 Å². The van der Waals surface area contributed by atoms with Crippen LogP contribution in [0.1, 0.15) is 41.7 Å². The van der Waals surface area contributed by atoms with Crippen LogP contribution in [-0.4, -0.2) is 82.7 Å². The van der Waals surface area contributed by atoms with Crippen molar-refractivity contribution >= 4 is 67.8 Å². The highest BCUT2D eigenvalue weighted by Crippen LogP contribution is 2.32. The van der Waals surface area contributed by atoms with Crippen LogP contribution in [0.3, 0.4) is 0 Å². The normalized spacial score (nSPS) is 15.6. The predicted molar refractivity (Wildman–Crippen MR) is 192 cm³/mol. The molecule has 2 unspecified atom stereocenters. The Morgan fingerprint density at radius 3 is 1.50 bits per heavy atom. The van der Waals surface area contributed by atoms with Crippen molar-refractivity contribution in [1.29, 1.82) is 0 Å². The van der Waals surface area contributed by atoms with Gasteiger partial charge in [0.25, 0.3) is 11.8 Å². The van der Waals surface area contributed by atoms with Gasteiger partial charge in [-0.1, -0.05) is 73.9 Å². The highest BCUT2D eigenvalue weighted by atomic mass is 79.9. The molecule has 3 aromatic carbocycles. The second-order valence-electron chi connectivity index (χ2n) is 11.1. The number of carbonyl (C=O) groups excluding carboxylic acids is 3. The number of rotatable bonds is 7. The third-order valence-electron chi connectivity index (χ3n) is 6.95. The van der Waals surface area contributed by atoms with Crippen LogP contribution in [-0.2, 0) is 24.1 Å². The lowest BCUT2D eigenvalue weighted by atomic mass is 10.0. The zero-order valence-corrected chi connectivity index (χ0v) is 31.3. The standard InChI is InChI=1S/C12H12F2N2O2.C11H8BrF2NO2.C8H6F2.C4H7ClN2O2/c1-16(2)12(17)9-6-10(18-15-9)11-7(13)4-3-5-8(11)14;12-5-9(16)8-4-10(17-15-8)11-6(13)2-1-3-7(11)14;1-2-6-7(9)4-3-5-8(6)10;1-7(2)4(8)3(5)6-9/h3-5,10H,6H2,1-2H3;1-3,10H,4-5H2;2-5H,1H2;9H,1-2H3/b;;;6-3-. The first-order valence-corrected chi connectivity index (χ1v) is 16.8. The fourth-order valence-corrected chi connectivity index (χ4v) is 4.75. The molecule has 19 heteroatoms. The number of ketones is 1. The van der Waals surface area contributed by atoms with Gasteiger partial charge in [0.2, 0.25) is 5.17 Å². The molecular weight excluding hydrogens is 816 g/mol. The van der Waals surface area contributed by atoms with Crippen molar-refractivity contribution in [2.75, 3.05) is 33.5 Å². The van der Waals surface area contributed by atoms with E-state index in [2.05, 4.69) is 38.0 Å². The molecule has 0 aliphatic carbocycles. The lowest BCUT2D eigenvalue weighted by Gasteiger charge is -2.11. The van der Waals surface area contributed by atoms with E-state index < -0.39 is 58.2 Å². The maximum absolute atomic E-state index is 13.5. The topological polar surface area (TPSA) is 133 Å². The number of nitrogens with zero attached hydrogens (tertiary/aromatic N) is 5. The van der Waals surface area contributed by atoms with Crippen molar-refractivity contribution in [3.05, 3.63) is 113 Å². The molecule has 2 aliphatic rings. The van der Waals surface area contributed by atoms with E-state index in [-0.39, 0.29) is 58.0 Å². The number of oxime groups is 3. The predicted octanol–water partition coefficient (Wildman–Crippen LogP) is 7.33. The van der Waals surface area contributed by atoms with Crippen LogP contribution in [0.5, 0.6) is 0 Å². The first kappa shape index (κ1) is 44.9. The van der Waals surface area contributed by atoms with Crippen molar-refractivity contribution in [3.8, 4) is 0 Å². The summed E-state index contributed by atoms with van der Waals surface area (Å²) in [4.78, 5) is 45.9. The molecule has 54 heavy (non-hydrogen) atoms. The molecule has 0 saturated heterocycles. The number of halogens is 8. The minimum atomic E-state index is -0.884. The minimum absolute atomic E-state index is 0.0644. The van der Waals surface area contributed by atoms with Gasteiger partial charge in [0.15, 0.2) is 18.0 Å². The Balaban J connectivity index is 0.000000260. The highest BCUT2D eigenvalue weighted by molar-refractivity contribution is 9.09. The molecule has 0 radical (unpaired) electrons. The van der Waals surface area contributed by atoms with Gasteiger partial charge in [-0.2, -0.15) is 0 Å². The maximum atomic E-state index is 13.5. The van der Waals surface area contributed by atoms with Crippen LogP contribution in [0, 0.1) is 34.9 Å². The first-order valence-electron chi connectivity index (χ1n) is 15.3. The fourth-order valence-electron chi connectivity index (χ4n) is 4.26. The summed E-state index contributed by atoms with van der Waals surface area (Å²) in [5, 5.41) is 17.3. The molecule has 2 amide bonds. The summed E-state index contributed by atoms with van der Waals surface area (Å²) >= 11 is 8.12. The van der Waals surface area contributed by atoms with Gasteiger partial charge in [-0.05, 0) is 36.4 Å². The Labute approximate surface area is 319 Å². The lowest BCUT2D eigenvalue weighted by molar-refractivity contribution is -0.122. The summed E-state index contributed by atoms with van der Waals surface area (Å²) in [6.45, 7) is 3.27. The van der Waals surface area contributed by atoms with Gasteiger partial charge in [-0.3, -0.25) is 14.4 Å². The van der Waals surface area contributed by atoms with Crippen LogP contribution in [0.25, 0.3) is 6.08 Å². The highest BCUT2D eigenvalue weighted by Gasteiger charge is 2.32. The van der Waals surface area contributed by atoms with Crippen LogP contribution in [0.15, 0.2) is 76.6 Å². The van der Waals surface area contributed by atoms with E-state index in [1.807, 2.05) is 0 Å². The molecule has 2 atom stereocenters. The Kier molecular flexibility index (Phi) is 17.9. The van der Waals surface area contributed by atoms with Gasteiger partial charge in [-0.15, -0.1) is 0 Å². The summed E-state index contributed by atoms with van der Waals surface area (Å²) in [6.07, 6.45) is -0.443. The second kappa shape index (κ2) is 21.5. The number of benzene rings is 3. The zero-order chi connectivity index (χ0) is 40.7. The monoisotopic (exact) mass is 847 g/mol. The molecule has 0 bridgehead atoms. The lowest BCUT2D eigenvalue weighted by Crippen LogP contribution is -2.29. The summed E-state index contributed by atoms with van der Waals surface area (Å²) in [7, 11) is 6.16. The van der Waals surface area contributed by atoms with Gasteiger partial charge < -0.3 is 24.7 Å². The first-order chi connectivity index (χ1) is 25.5. The molecule has 1 N–H and O–H groups in total. The van der Waals surface area contributed by atoms with Crippen LogP contribution in [0.2, 0.25) is 0 Å². The van der Waals surface area contributed by atoms with E-state index in [1.165, 1.54) is 54.2 Å². The Hall–Kier alpha value is -5.23. The molecule has 3 aromatic rings. The van der Waals surface area contributed by atoms with Gasteiger partial charge in [0.1, 0.15) is 46.3 Å². The number of Topliss-reactive ketones (excluding diaryl/α,β-unsaturated/α-hetero) is 1. The average Bonchev–Trinajstić information content (AvgIpc) is 3.82. The van der Waals surface area contributed by atoms with Crippen molar-refractivity contribution in [3.63, 3.8) is 0 Å². The van der Waals surface area contributed by atoms with Crippen molar-refractivity contribution in [2.45, 2.75) is 25.0 Å². The van der Waals surface area contributed by atoms with Crippen LogP contribution < -0.4 is 0 Å². The molecule has 0 saturated carbocycles. The van der Waals surface area contributed by atoms with Gasteiger partial charge in [-0.25, -0.2) is 26.3 Å². The smallest absolute Gasteiger partial charge is 0.287 e. The number of hydrogen-bond donors (Lipinski definition) is 1. The Morgan fingerprint density at radius 1 is 0.796 bits per heavy atom.